The van der Waals surface area contributed by atoms with Gasteiger partial charge in [-0.2, -0.15) is 0 Å². The number of nitrogens with zero attached hydrogens (tertiary/aromatic N) is 8. The van der Waals surface area contributed by atoms with Crippen LogP contribution < -0.4 is 0 Å². The molecule has 8 aliphatic rings. The molecule has 4 fully saturated rings. The van der Waals surface area contributed by atoms with Crippen LogP contribution >= 0.6 is 0 Å². The average molecular weight is 2100 g/mol. The number of benzene rings is 8. The number of para-hydroxylation sites is 4. The first-order valence-electron chi connectivity index (χ1n) is 53.3. The summed E-state index contributed by atoms with van der Waals surface area (Å²) in [6.45, 7) is 16.9. The molecule has 4 saturated heterocycles. The van der Waals surface area contributed by atoms with Crippen LogP contribution in [0, 0.1) is 58.6 Å². The fourth-order valence-electron chi connectivity index (χ4n) is 24.1. The van der Waals surface area contributed by atoms with E-state index in [2.05, 4.69) is 67.2 Å². The number of H-pyrrole nitrogens is 4. The predicted octanol–water partition coefficient (Wildman–Crippen LogP) is 20.4. The van der Waals surface area contributed by atoms with Crippen LogP contribution in [0.1, 0.15) is 245 Å². The minimum absolute atomic E-state index is 0.0213. The van der Waals surface area contributed by atoms with Crippen LogP contribution in [-0.4, -0.2) is 279 Å². The van der Waals surface area contributed by atoms with Gasteiger partial charge in [-0.25, -0.2) is 61.5 Å². The van der Waals surface area contributed by atoms with Crippen molar-refractivity contribution in [1.82, 2.24) is 59.1 Å². The zero-order valence-electron chi connectivity index (χ0n) is 86.3. The van der Waals surface area contributed by atoms with E-state index >= 15 is 26.3 Å². The molecule has 34 heteroatoms. The summed E-state index contributed by atoms with van der Waals surface area (Å²) in [5, 5.41) is 84.5. The predicted molar refractivity (Wildman–Crippen MR) is 553 cm³/mol. The van der Waals surface area contributed by atoms with Crippen molar-refractivity contribution in [3.05, 3.63) is 282 Å². The van der Waals surface area contributed by atoms with E-state index in [4.69, 9.17) is 0 Å². The van der Waals surface area contributed by atoms with Crippen molar-refractivity contribution in [3.63, 3.8) is 0 Å². The van der Waals surface area contributed by atoms with Gasteiger partial charge in [-0.05, 0) is 175 Å². The Morgan fingerprint density at radius 3 is 0.767 bits per heavy atom. The SMILES string of the molecule is CCCCN1CC([C@@H](O)c2ccc([C@@H]3c4[nH]c5ccccc5c4C[C@@H](C)N3CC(F)(F)CO)c(F)c2F)C1.CCCCN1CC([C@@H](O)c2ccc([C@@H]3c4[nH]c5ccccc5c4C[C@@H](C)N3CC(F)(F)CO)cc2F)C1.CCCCN1CC([C@H](O)c2ccc([C@@H]3c4[nH]c5ccccc5c4C[C@@H](C)N3CC(F)(F)CO)c(F)c2F)C1.CCCCN1CC([C@H](O)c2ccc([C@@H]3c4[nH]c5ccccc5c4C[C@@H](C)N3CC(F)(F)CO)cc2F)C1. The van der Waals surface area contributed by atoms with Crippen molar-refractivity contribution < 1.29 is 102 Å². The van der Waals surface area contributed by atoms with Crippen molar-refractivity contribution in [1.29, 1.82) is 0 Å². The zero-order chi connectivity index (χ0) is 107. The van der Waals surface area contributed by atoms with Gasteiger partial charge in [0, 0.05) is 200 Å². The lowest BCUT2D eigenvalue weighted by molar-refractivity contribution is -0.0868. The van der Waals surface area contributed by atoms with Crippen LogP contribution in [-0.2, 0) is 25.7 Å². The van der Waals surface area contributed by atoms with Gasteiger partial charge in [0.25, 0.3) is 23.7 Å². The summed E-state index contributed by atoms with van der Waals surface area (Å²) in [6.07, 6.45) is 6.52. The molecule has 0 radical (unpaired) electrons. The second-order valence-corrected chi connectivity index (χ2v) is 43.4. The summed E-state index contributed by atoms with van der Waals surface area (Å²) in [5.74, 6) is -19.5. The van der Waals surface area contributed by atoms with Crippen LogP contribution in [0.2, 0.25) is 0 Å². The fourth-order valence-corrected chi connectivity index (χ4v) is 24.1. The number of rotatable bonds is 36. The van der Waals surface area contributed by atoms with Crippen LogP contribution in [0.3, 0.4) is 0 Å². The van der Waals surface area contributed by atoms with E-state index in [1.165, 1.54) is 46.2 Å². The quantitative estimate of drug-likeness (QED) is 0.0163. The first kappa shape index (κ1) is 111. The zero-order valence-corrected chi connectivity index (χ0v) is 86.3. The van der Waals surface area contributed by atoms with Crippen molar-refractivity contribution >= 4 is 43.6 Å². The second-order valence-electron chi connectivity index (χ2n) is 43.4. The average Bonchev–Trinajstić information content (AvgIpc) is 1.58. The monoisotopic (exact) mass is 2100 g/mol. The summed E-state index contributed by atoms with van der Waals surface area (Å²) < 4.78 is 209. The van der Waals surface area contributed by atoms with E-state index in [1.807, 2.05) is 111 Å². The molecule has 150 heavy (non-hydrogen) atoms. The maximum Gasteiger partial charge on any atom is 0.283 e. The molecule has 12 atom stereocenters. The number of aromatic amines is 4. The molecule has 8 aliphatic heterocycles. The number of hydrogen-bond acceptors (Lipinski definition) is 16. The fraction of sp³-hybridized carbons (Fsp3) is 0.517. The topological polar surface area (TPSA) is 251 Å². The minimum Gasteiger partial charge on any atom is -0.390 e. The first-order valence-corrected chi connectivity index (χ1v) is 53.3. The molecule has 20 nitrogen and oxygen atoms in total. The summed E-state index contributed by atoms with van der Waals surface area (Å²) in [5.41, 5.74) is 11.1. The Labute approximate surface area is 866 Å². The lowest BCUT2D eigenvalue weighted by Gasteiger charge is -2.43. The molecular formula is C116H142F14N12O8. The molecule has 812 valence electrons. The van der Waals surface area contributed by atoms with Gasteiger partial charge in [0.05, 0.1) is 74.8 Å². The lowest BCUT2D eigenvalue weighted by Crippen LogP contribution is -2.50. The lowest BCUT2D eigenvalue weighted by atomic mass is 9.85. The van der Waals surface area contributed by atoms with Gasteiger partial charge in [-0.3, -0.25) is 19.6 Å². The molecule has 12 aromatic rings. The standard InChI is InChI=1S/2C29H35F4N3O2.2C29H36F3N3O2/c2*1-3-4-11-35-13-18(14-35)28(38)21-10-9-20(24(30)25(21)31)27-26-22(19-7-5-6-8-23(19)34-26)12-17(2)36(27)15-29(32,33)16-37;2*1-3-4-11-34-14-20(15-34)28(37)22-10-9-19(13-24(22)30)27-26-23(21-7-5-6-8-25(21)33-26)12-18(2)35(27)16-29(31,32)17-36/h2*5-10,17-18,27-28,34,37-38H,3-4,11-16H2,1-2H3;2*5-10,13,18,20,27-28,33,36-37H,3-4,11-12,14-17H2,1-2H3/t17-,27-,28+;17-,27-,28-;18-,27-,28+;18-,27-,28-/m1111/s1. The van der Waals surface area contributed by atoms with Crippen molar-refractivity contribution in [2.24, 2.45) is 23.7 Å². The molecule has 12 heterocycles. The third-order valence-electron chi connectivity index (χ3n) is 32.5. The summed E-state index contributed by atoms with van der Waals surface area (Å²) >= 11 is 0. The largest absolute Gasteiger partial charge is 0.390 e. The Morgan fingerprint density at radius 2 is 0.527 bits per heavy atom. The van der Waals surface area contributed by atoms with Crippen molar-refractivity contribution in [3.8, 4) is 0 Å². The minimum atomic E-state index is -3.42. The highest BCUT2D eigenvalue weighted by Gasteiger charge is 2.51. The number of halogens is 14. The van der Waals surface area contributed by atoms with Gasteiger partial charge >= 0.3 is 0 Å². The summed E-state index contributed by atoms with van der Waals surface area (Å²) in [7, 11) is 0. The second kappa shape index (κ2) is 46.9. The smallest absolute Gasteiger partial charge is 0.283 e. The molecule has 0 amide bonds. The normalized spacial score (nSPS) is 22.1. The molecule has 0 spiro atoms. The third-order valence-corrected chi connectivity index (χ3v) is 32.5. The van der Waals surface area contributed by atoms with E-state index in [1.54, 1.807) is 47.9 Å². The Morgan fingerprint density at radius 1 is 0.300 bits per heavy atom. The van der Waals surface area contributed by atoms with Crippen LogP contribution in [0.5, 0.6) is 0 Å². The molecule has 0 unspecified atom stereocenters. The number of alkyl halides is 8. The third kappa shape index (κ3) is 23.3. The number of fused-ring (bicyclic) bond motifs is 12. The Kier molecular flexibility index (Phi) is 34.9. The highest BCUT2D eigenvalue weighted by Crippen LogP contribution is 2.51. The van der Waals surface area contributed by atoms with Crippen LogP contribution in [0.4, 0.5) is 61.5 Å². The first-order chi connectivity index (χ1) is 71.7. The number of nitrogens with one attached hydrogen (secondary N) is 4. The van der Waals surface area contributed by atoms with E-state index in [0.29, 0.717) is 74.4 Å². The summed E-state index contributed by atoms with van der Waals surface area (Å²) in [4.78, 5) is 28.4. The molecule has 0 aliphatic carbocycles. The van der Waals surface area contributed by atoms with E-state index in [0.717, 1.165) is 181 Å². The molecule has 8 aromatic carbocycles. The number of aromatic nitrogens is 4. The molecule has 4 aromatic heterocycles. The maximum absolute atomic E-state index is 15.8. The van der Waals surface area contributed by atoms with Gasteiger partial charge < -0.3 is 80.4 Å². The number of aliphatic hydroxyl groups excluding tert-OH is 8. The van der Waals surface area contributed by atoms with Gasteiger partial charge in [-0.1, -0.05) is 175 Å². The summed E-state index contributed by atoms with van der Waals surface area (Å²) in [6, 6.07) is 41.0. The Bertz CT molecular complexity index is 6230. The van der Waals surface area contributed by atoms with Crippen LogP contribution in [0.15, 0.2) is 158 Å². The highest BCUT2D eigenvalue weighted by atomic mass is 19.3. The van der Waals surface area contributed by atoms with Crippen LogP contribution in [0.25, 0.3) is 43.6 Å². The van der Waals surface area contributed by atoms with E-state index in [9.17, 15) is 76.0 Å². The van der Waals surface area contributed by atoms with E-state index < -0.39 is 172 Å². The number of aliphatic hydroxyl groups is 8. The molecule has 0 bridgehead atoms. The van der Waals surface area contributed by atoms with Crippen molar-refractivity contribution in [2.45, 2.75) is 229 Å². The van der Waals surface area contributed by atoms with Gasteiger partial charge in [0.1, 0.15) is 38.1 Å². The Balaban J connectivity index is 0.000000136. The highest BCUT2D eigenvalue weighted by molar-refractivity contribution is 5.88. The molecular weight excluding hydrogens is 1960 g/mol. The van der Waals surface area contributed by atoms with Gasteiger partial charge in [0.2, 0.25) is 0 Å². The number of hydrogen-bond donors (Lipinski definition) is 12. The number of likely N-dealkylation sites (tertiary alicyclic amines) is 4. The molecule has 20 rings (SSSR count). The molecule has 12 N–H and O–H groups in total. The Hall–Kier alpha value is -9.70. The number of unbranched alkanes of at least 4 members (excludes halogenated alkanes) is 4. The van der Waals surface area contributed by atoms with Gasteiger partial charge in [0.15, 0.2) is 23.3 Å². The van der Waals surface area contributed by atoms with Crippen molar-refractivity contribution in [2.75, 3.05) is 131 Å². The van der Waals surface area contributed by atoms with Gasteiger partial charge in [-0.15, -0.1) is 0 Å². The van der Waals surface area contributed by atoms with E-state index in [-0.39, 0.29) is 69.1 Å². The maximum atomic E-state index is 15.8. The molecule has 0 saturated carbocycles.